The molecule has 0 aliphatic heterocycles. The lowest BCUT2D eigenvalue weighted by Gasteiger charge is -2.07. The molecule has 1 amide bonds. The molecule has 0 saturated heterocycles. The molecule has 23 heavy (non-hydrogen) atoms. The van der Waals surface area contributed by atoms with E-state index in [4.69, 9.17) is 4.74 Å². The summed E-state index contributed by atoms with van der Waals surface area (Å²) in [5.41, 5.74) is 3.27. The average molecular weight is 307 g/mol. The molecule has 2 N–H and O–H groups in total. The van der Waals surface area contributed by atoms with Gasteiger partial charge in [0.05, 0.1) is 23.8 Å². The van der Waals surface area contributed by atoms with E-state index < -0.39 is 0 Å². The van der Waals surface area contributed by atoms with Gasteiger partial charge in [-0.05, 0) is 37.3 Å². The van der Waals surface area contributed by atoms with Crippen LogP contribution in [0.15, 0.2) is 54.6 Å². The number of ether oxygens (including phenoxy) is 1. The minimum atomic E-state index is -0.169. The van der Waals surface area contributed by atoms with E-state index in [2.05, 4.69) is 15.3 Å². The molecule has 0 unspecified atom stereocenters. The highest BCUT2D eigenvalue weighted by Crippen LogP contribution is 2.28. The zero-order chi connectivity index (χ0) is 16.2. The summed E-state index contributed by atoms with van der Waals surface area (Å²) in [6, 6.07) is 13.2. The second-order valence-corrected chi connectivity index (χ2v) is 5.00. The molecule has 0 spiro atoms. The van der Waals surface area contributed by atoms with Gasteiger partial charge in [0.25, 0.3) is 0 Å². The van der Waals surface area contributed by atoms with Crippen LogP contribution in [-0.4, -0.2) is 23.0 Å². The first-order valence-corrected chi connectivity index (χ1v) is 7.28. The minimum absolute atomic E-state index is 0.169. The molecule has 0 fully saturated rings. The molecule has 1 aromatic heterocycles. The van der Waals surface area contributed by atoms with E-state index in [1.807, 2.05) is 42.5 Å². The van der Waals surface area contributed by atoms with Crippen LogP contribution in [0.25, 0.3) is 22.4 Å². The van der Waals surface area contributed by atoms with Gasteiger partial charge in [-0.15, -0.1) is 0 Å². The van der Waals surface area contributed by atoms with Crippen molar-refractivity contribution in [2.24, 2.45) is 0 Å². The largest absolute Gasteiger partial charge is 0.497 e. The van der Waals surface area contributed by atoms with E-state index in [-0.39, 0.29) is 5.91 Å². The monoisotopic (exact) mass is 307 g/mol. The number of anilines is 1. The van der Waals surface area contributed by atoms with Gasteiger partial charge in [-0.2, -0.15) is 0 Å². The van der Waals surface area contributed by atoms with Crippen molar-refractivity contribution in [2.45, 2.75) is 6.92 Å². The zero-order valence-electron chi connectivity index (χ0n) is 13.0. The summed E-state index contributed by atoms with van der Waals surface area (Å²) in [6.45, 7) is 1.80. The van der Waals surface area contributed by atoms with Crippen molar-refractivity contribution >= 4 is 22.6 Å². The summed E-state index contributed by atoms with van der Waals surface area (Å²) in [7, 11) is 1.63. The third kappa shape index (κ3) is 3.08. The molecule has 5 nitrogen and oxygen atoms in total. The molecule has 0 bridgehead atoms. The number of methoxy groups -OCH3 is 1. The third-order valence-corrected chi connectivity index (χ3v) is 3.45. The number of aromatic nitrogens is 2. The number of amides is 1. The molecule has 3 aromatic rings. The fraction of sp³-hybridized carbons (Fsp3) is 0.111. The predicted octanol–water partition coefficient (Wildman–Crippen LogP) is 3.75. The first-order valence-electron chi connectivity index (χ1n) is 7.28. The van der Waals surface area contributed by atoms with Crippen LogP contribution >= 0.6 is 0 Å². The van der Waals surface area contributed by atoms with Crippen molar-refractivity contribution in [2.75, 3.05) is 12.4 Å². The Kier molecular flexibility index (Phi) is 4.10. The van der Waals surface area contributed by atoms with Gasteiger partial charge in [0.2, 0.25) is 5.91 Å². The number of nitrogens with zero attached hydrogens (tertiary/aromatic N) is 1. The molecule has 5 heteroatoms. The highest BCUT2D eigenvalue weighted by Gasteiger charge is 2.11. The number of rotatable bonds is 4. The Morgan fingerprint density at radius 3 is 2.87 bits per heavy atom. The number of aromatic amines is 1. The lowest BCUT2D eigenvalue weighted by atomic mass is 10.1. The standard InChI is InChI=1S/C18H17N3O2/c1-3-6-17(22)19-14-8-5-4-7-13(14)18-20-15-10-9-12(23-2)11-16(15)21-18/h3-11H,1-2H3,(H,19,22)(H,20,21). The van der Waals surface area contributed by atoms with Crippen LogP contribution in [0.5, 0.6) is 5.75 Å². The summed E-state index contributed by atoms with van der Waals surface area (Å²) in [5, 5.41) is 2.87. The van der Waals surface area contributed by atoms with Gasteiger partial charge in [-0.1, -0.05) is 18.2 Å². The molecule has 0 radical (unpaired) electrons. The molecule has 1 heterocycles. The van der Waals surface area contributed by atoms with Gasteiger partial charge < -0.3 is 15.0 Å². The maximum atomic E-state index is 11.8. The van der Waals surface area contributed by atoms with Crippen LogP contribution in [0.2, 0.25) is 0 Å². The van der Waals surface area contributed by atoms with Gasteiger partial charge in [-0.3, -0.25) is 4.79 Å². The Morgan fingerprint density at radius 1 is 1.26 bits per heavy atom. The SMILES string of the molecule is CC=CC(=O)Nc1ccccc1-c1nc2ccc(OC)cc2[nH]1. The predicted molar refractivity (Wildman–Crippen MR) is 91.5 cm³/mol. The van der Waals surface area contributed by atoms with Crippen LogP contribution in [0, 0.1) is 0 Å². The second kappa shape index (κ2) is 6.36. The van der Waals surface area contributed by atoms with Crippen molar-refractivity contribution < 1.29 is 9.53 Å². The number of para-hydroxylation sites is 1. The van der Waals surface area contributed by atoms with Crippen molar-refractivity contribution in [3.63, 3.8) is 0 Å². The van der Waals surface area contributed by atoms with Gasteiger partial charge in [0.1, 0.15) is 11.6 Å². The van der Waals surface area contributed by atoms with Gasteiger partial charge in [0, 0.05) is 11.6 Å². The van der Waals surface area contributed by atoms with Crippen molar-refractivity contribution in [1.29, 1.82) is 0 Å². The van der Waals surface area contributed by atoms with Gasteiger partial charge in [-0.25, -0.2) is 4.98 Å². The van der Waals surface area contributed by atoms with Crippen LogP contribution in [-0.2, 0) is 4.79 Å². The first kappa shape index (κ1) is 14.8. The van der Waals surface area contributed by atoms with E-state index in [0.717, 1.165) is 22.3 Å². The summed E-state index contributed by atoms with van der Waals surface area (Å²) in [5.74, 6) is 1.30. The van der Waals surface area contributed by atoms with E-state index >= 15 is 0 Å². The van der Waals surface area contributed by atoms with Crippen molar-refractivity contribution in [1.82, 2.24) is 9.97 Å². The average Bonchev–Trinajstić information content (AvgIpc) is 2.98. The van der Waals surface area contributed by atoms with Crippen LogP contribution < -0.4 is 10.1 Å². The molecule has 0 aliphatic carbocycles. The number of fused-ring (bicyclic) bond motifs is 1. The van der Waals surface area contributed by atoms with Gasteiger partial charge in [0.15, 0.2) is 0 Å². The van der Waals surface area contributed by atoms with Crippen molar-refractivity contribution in [3.8, 4) is 17.1 Å². The number of carbonyl (C=O) groups is 1. The summed E-state index contributed by atoms with van der Waals surface area (Å²) >= 11 is 0. The zero-order valence-corrected chi connectivity index (χ0v) is 13.0. The maximum absolute atomic E-state index is 11.8. The molecule has 0 atom stereocenters. The number of allylic oxidation sites excluding steroid dienone is 1. The lowest BCUT2D eigenvalue weighted by Crippen LogP contribution is -2.08. The van der Waals surface area contributed by atoms with Gasteiger partial charge >= 0.3 is 0 Å². The lowest BCUT2D eigenvalue weighted by molar-refractivity contribution is -0.111. The van der Waals surface area contributed by atoms with E-state index in [0.29, 0.717) is 11.5 Å². The molecule has 3 rings (SSSR count). The van der Waals surface area contributed by atoms with E-state index in [1.165, 1.54) is 6.08 Å². The highest BCUT2D eigenvalue weighted by atomic mass is 16.5. The fourth-order valence-electron chi connectivity index (χ4n) is 2.37. The molecular formula is C18H17N3O2. The number of hydrogen-bond acceptors (Lipinski definition) is 3. The second-order valence-electron chi connectivity index (χ2n) is 5.00. The smallest absolute Gasteiger partial charge is 0.248 e. The maximum Gasteiger partial charge on any atom is 0.248 e. The third-order valence-electron chi connectivity index (χ3n) is 3.45. The van der Waals surface area contributed by atoms with Crippen molar-refractivity contribution in [3.05, 3.63) is 54.6 Å². The fourth-order valence-corrected chi connectivity index (χ4v) is 2.37. The van der Waals surface area contributed by atoms with E-state index in [1.54, 1.807) is 20.1 Å². The molecule has 0 aliphatic rings. The minimum Gasteiger partial charge on any atom is -0.497 e. The Bertz CT molecular complexity index is 881. The summed E-state index contributed by atoms with van der Waals surface area (Å²) in [6.07, 6.45) is 3.19. The number of benzene rings is 2. The molecular weight excluding hydrogens is 290 g/mol. The van der Waals surface area contributed by atoms with Crippen LogP contribution in [0.1, 0.15) is 6.92 Å². The number of hydrogen-bond donors (Lipinski definition) is 2. The molecule has 116 valence electrons. The number of nitrogens with one attached hydrogen (secondary N) is 2. The normalized spacial score (nSPS) is 11.0. The summed E-state index contributed by atoms with van der Waals surface area (Å²) in [4.78, 5) is 19.7. The Morgan fingerprint density at radius 2 is 2.09 bits per heavy atom. The van der Waals surface area contributed by atoms with Crippen LogP contribution in [0.4, 0.5) is 5.69 Å². The Balaban J connectivity index is 2.03. The topological polar surface area (TPSA) is 67.0 Å². The molecule has 2 aromatic carbocycles. The number of carbonyl (C=O) groups excluding carboxylic acids is 1. The Hall–Kier alpha value is -3.08. The summed E-state index contributed by atoms with van der Waals surface area (Å²) < 4.78 is 5.23. The first-order chi connectivity index (χ1) is 11.2. The quantitative estimate of drug-likeness (QED) is 0.721. The molecule has 0 saturated carbocycles. The van der Waals surface area contributed by atoms with Crippen LogP contribution in [0.3, 0.4) is 0 Å². The number of imidazole rings is 1. The highest BCUT2D eigenvalue weighted by molar-refractivity contribution is 6.01. The number of H-pyrrole nitrogens is 1. The Labute approximate surface area is 134 Å². The van der Waals surface area contributed by atoms with E-state index in [9.17, 15) is 4.79 Å².